The molecule has 0 aromatic heterocycles. The maximum absolute atomic E-state index is 10.8. The number of hydrogen-bond acceptors (Lipinski definition) is 2. The monoisotopic (exact) mass is 302 g/mol. The van der Waals surface area contributed by atoms with Crippen LogP contribution in [0.15, 0.2) is 30.4 Å². The lowest BCUT2D eigenvalue weighted by molar-refractivity contribution is -0.116. The van der Waals surface area contributed by atoms with Gasteiger partial charge in [0.05, 0.1) is 0 Å². The summed E-state index contributed by atoms with van der Waals surface area (Å²) in [6.07, 6.45) is 11.6. The highest BCUT2D eigenvalue weighted by Gasteiger charge is 2.10. The van der Waals surface area contributed by atoms with Crippen molar-refractivity contribution in [3.8, 4) is 5.75 Å². The zero-order chi connectivity index (χ0) is 16.4. The molecule has 1 unspecified atom stereocenters. The smallest absolute Gasteiger partial charge is 0.133 e. The van der Waals surface area contributed by atoms with Gasteiger partial charge in [-0.3, -0.25) is 4.79 Å². The van der Waals surface area contributed by atoms with Crippen molar-refractivity contribution in [3.05, 3.63) is 41.5 Å². The van der Waals surface area contributed by atoms with Gasteiger partial charge in [-0.15, -0.1) is 0 Å². The second kappa shape index (κ2) is 10.2. The van der Waals surface area contributed by atoms with E-state index in [0.717, 1.165) is 18.4 Å². The zero-order valence-corrected chi connectivity index (χ0v) is 14.3. The summed E-state index contributed by atoms with van der Waals surface area (Å²) >= 11 is 0. The summed E-state index contributed by atoms with van der Waals surface area (Å²) < 4.78 is 0. The molecule has 0 aliphatic carbocycles. The summed E-state index contributed by atoms with van der Waals surface area (Å²) in [4.78, 5) is 10.8. The number of ketones is 1. The van der Waals surface area contributed by atoms with Crippen LogP contribution in [0.4, 0.5) is 0 Å². The van der Waals surface area contributed by atoms with Gasteiger partial charge in [0.2, 0.25) is 0 Å². The van der Waals surface area contributed by atoms with E-state index in [9.17, 15) is 9.90 Å². The molecule has 1 atom stereocenters. The third-order valence-electron chi connectivity index (χ3n) is 4.31. The van der Waals surface area contributed by atoms with Crippen LogP contribution in [0.2, 0.25) is 0 Å². The Bertz CT molecular complexity index is 488. The van der Waals surface area contributed by atoms with Gasteiger partial charge in [-0.25, -0.2) is 0 Å². The van der Waals surface area contributed by atoms with E-state index in [-0.39, 0.29) is 5.78 Å². The topological polar surface area (TPSA) is 37.3 Å². The van der Waals surface area contributed by atoms with Crippen molar-refractivity contribution in [2.75, 3.05) is 0 Å². The number of rotatable bonds is 10. The van der Waals surface area contributed by atoms with Gasteiger partial charge in [0.15, 0.2) is 0 Å². The van der Waals surface area contributed by atoms with Crippen LogP contribution in [0.25, 0.3) is 0 Å². The van der Waals surface area contributed by atoms with Gasteiger partial charge in [-0.1, -0.05) is 50.5 Å². The van der Waals surface area contributed by atoms with Crippen LogP contribution in [0, 0.1) is 12.8 Å². The lowest BCUT2D eigenvalue weighted by Gasteiger charge is -2.16. The molecule has 0 bridgehead atoms. The fourth-order valence-corrected chi connectivity index (χ4v) is 2.71. The first-order chi connectivity index (χ1) is 10.5. The molecule has 0 fully saturated rings. The van der Waals surface area contributed by atoms with E-state index >= 15 is 0 Å². The fraction of sp³-hybridized carbons (Fsp3) is 0.550. The van der Waals surface area contributed by atoms with Crippen LogP contribution in [0.1, 0.15) is 63.5 Å². The lowest BCUT2D eigenvalue weighted by atomic mass is 9.89. The molecule has 0 amide bonds. The Morgan fingerprint density at radius 2 is 2.05 bits per heavy atom. The van der Waals surface area contributed by atoms with E-state index in [2.05, 4.69) is 19.1 Å². The van der Waals surface area contributed by atoms with Crippen molar-refractivity contribution in [2.45, 2.75) is 65.7 Å². The Hall–Kier alpha value is -1.57. The summed E-state index contributed by atoms with van der Waals surface area (Å²) in [7, 11) is 0. The minimum absolute atomic E-state index is 0.226. The quantitative estimate of drug-likeness (QED) is 0.466. The van der Waals surface area contributed by atoms with Gasteiger partial charge in [0.25, 0.3) is 0 Å². The summed E-state index contributed by atoms with van der Waals surface area (Å²) in [5.74, 6) is 1.31. The maximum atomic E-state index is 10.8. The van der Waals surface area contributed by atoms with Gasteiger partial charge in [0.1, 0.15) is 11.5 Å². The van der Waals surface area contributed by atoms with Crippen LogP contribution in [-0.2, 0) is 11.2 Å². The standard InChI is InChI=1S/C20H30O2/c1-4-18(12-9-7-5-6-8-11-16(2)21)15-19-13-10-14-20(22)17(19)3/h6,8,10,13-14,18,22H,4-5,7,9,11-12,15H2,1-3H3/b8-6-. The van der Waals surface area contributed by atoms with Crippen molar-refractivity contribution >= 4 is 5.78 Å². The number of phenolic OH excluding ortho intramolecular Hbond substituents is 1. The SMILES string of the molecule is CCC(CCCC/C=C\CC(C)=O)Cc1cccc(O)c1C. The highest BCUT2D eigenvalue weighted by molar-refractivity contribution is 5.76. The highest BCUT2D eigenvalue weighted by atomic mass is 16.3. The number of carbonyl (C=O) groups excluding carboxylic acids is 1. The molecule has 0 spiro atoms. The summed E-state index contributed by atoms with van der Waals surface area (Å²) in [5, 5.41) is 9.79. The number of phenols is 1. The maximum Gasteiger partial charge on any atom is 0.133 e. The van der Waals surface area contributed by atoms with Crippen LogP contribution in [0.5, 0.6) is 5.75 Å². The Morgan fingerprint density at radius 3 is 2.73 bits per heavy atom. The number of unbranched alkanes of at least 4 members (excludes halogenated alkanes) is 2. The van der Waals surface area contributed by atoms with E-state index < -0.39 is 0 Å². The molecular formula is C20H30O2. The van der Waals surface area contributed by atoms with Crippen LogP contribution in [0.3, 0.4) is 0 Å². The number of benzene rings is 1. The van der Waals surface area contributed by atoms with Crippen LogP contribution in [-0.4, -0.2) is 10.9 Å². The van der Waals surface area contributed by atoms with Gasteiger partial charge in [0, 0.05) is 6.42 Å². The molecule has 0 radical (unpaired) electrons. The third-order valence-corrected chi connectivity index (χ3v) is 4.31. The predicted molar refractivity (Wildman–Crippen MR) is 93.2 cm³/mol. The normalized spacial score (nSPS) is 12.7. The molecule has 0 heterocycles. The van der Waals surface area contributed by atoms with Crippen LogP contribution < -0.4 is 0 Å². The molecule has 2 heteroatoms. The molecule has 0 aliphatic rings. The molecule has 1 N–H and O–H groups in total. The fourth-order valence-electron chi connectivity index (χ4n) is 2.71. The largest absolute Gasteiger partial charge is 0.508 e. The average Bonchev–Trinajstić information content (AvgIpc) is 2.49. The average molecular weight is 302 g/mol. The zero-order valence-electron chi connectivity index (χ0n) is 14.3. The highest BCUT2D eigenvalue weighted by Crippen LogP contribution is 2.25. The number of allylic oxidation sites excluding steroid dienone is 2. The predicted octanol–water partition coefficient (Wildman–Crippen LogP) is 5.37. The van der Waals surface area contributed by atoms with Crippen molar-refractivity contribution in [1.82, 2.24) is 0 Å². The Kier molecular flexibility index (Phi) is 8.57. The molecule has 1 rings (SSSR count). The molecule has 0 saturated heterocycles. The first-order valence-electron chi connectivity index (χ1n) is 8.46. The minimum Gasteiger partial charge on any atom is -0.508 e. The Labute approximate surface area is 135 Å². The van der Waals surface area contributed by atoms with Crippen molar-refractivity contribution in [1.29, 1.82) is 0 Å². The van der Waals surface area contributed by atoms with Gasteiger partial charge >= 0.3 is 0 Å². The second-order valence-electron chi connectivity index (χ2n) is 6.20. The first kappa shape index (κ1) is 18.5. The van der Waals surface area contributed by atoms with Crippen molar-refractivity contribution in [3.63, 3.8) is 0 Å². The molecule has 1 aromatic rings. The first-order valence-corrected chi connectivity index (χ1v) is 8.46. The van der Waals surface area contributed by atoms with E-state index in [1.165, 1.54) is 31.2 Å². The minimum atomic E-state index is 0.226. The molecule has 2 nitrogen and oxygen atoms in total. The molecule has 1 aromatic carbocycles. The number of aromatic hydroxyl groups is 1. The van der Waals surface area contributed by atoms with Crippen molar-refractivity contribution in [2.24, 2.45) is 5.92 Å². The Morgan fingerprint density at radius 1 is 1.27 bits per heavy atom. The summed E-state index contributed by atoms with van der Waals surface area (Å²) in [6.45, 7) is 5.87. The van der Waals surface area contributed by atoms with E-state index in [0.29, 0.717) is 18.1 Å². The van der Waals surface area contributed by atoms with Gasteiger partial charge in [-0.05, 0) is 56.2 Å². The number of carbonyl (C=O) groups is 1. The van der Waals surface area contributed by atoms with E-state index in [4.69, 9.17) is 0 Å². The van der Waals surface area contributed by atoms with Crippen molar-refractivity contribution < 1.29 is 9.90 Å². The number of Topliss-reactive ketones (excluding diaryl/α,β-unsaturated/α-hetero) is 1. The number of hydrogen-bond donors (Lipinski definition) is 1. The molecular weight excluding hydrogens is 272 g/mol. The Balaban J connectivity index is 2.32. The van der Waals surface area contributed by atoms with Gasteiger partial charge in [-0.2, -0.15) is 0 Å². The molecule has 22 heavy (non-hydrogen) atoms. The molecule has 0 saturated carbocycles. The lowest BCUT2D eigenvalue weighted by Crippen LogP contribution is -2.05. The molecule has 122 valence electrons. The van der Waals surface area contributed by atoms with E-state index in [1.54, 1.807) is 13.0 Å². The van der Waals surface area contributed by atoms with E-state index in [1.807, 2.05) is 19.1 Å². The van der Waals surface area contributed by atoms with Gasteiger partial charge < -0.3 is 5.11 Å². The summed E-state index contributed by atoms with van der Waals surface area (Å²) in [5.41, 5.74) is 2.29. The summed E-state index contributed by atoms with van der Waals surface area (Å²) in [6, 6.07) is 5.82. The second-order valence-corrected chi connectivity index (χ2v) is 6.20. The molecule has 0 aliphatic heterocycles. The van der Waals surface area contributed by atoms with Crippen LogP contribution >= 0.6 is 0 Å². The third kappa shape index (κ3) is 6.93.